The van der Waals surface area contributed by atoms with Gasteiger partial charge in [0.15, 0.2) is 0 Å². The molecule has 0 aromatic heterocycles. The van der Waals surface area contributed by atoms with Gasteiger partial charge < -0.3 is 10.6 Å². The zero-order chi connectivity index (χ0) is 13.5. The molecule has 5 heteroatoms. The van der Waals surface area contributed by atoms with E-state index in [1.165, 1.54) is 12.1 Å². The average molecular weight is 256 g/mol. The van der Waals surface area contributed by atoms with Gasteiger partial charge in [0.1, 0.15) is 11.6 Å². The van der Waals surface area contributed by atoms with E-state index in [4.69, 9.17) is 0 Å². The molecule has 0 heterocycles. The van der Waals surface area contributed by atoms with Crippen LogP contribution in [-0.4, -0.2) is 19.5 Å². The van der Waals surface area contributed by atoms with Crippen LogP contribution in [0.25, 0.3) is 0 Å². The summed E-state index contributed by atoms with van der Waals surface area (Å²) in [6, 6.07) is 3.33. The number of amides is 1. The maximum atomic E-state index is 13.3. The molecule has 0 aliphatic carbocycles. The van der Waals surface area contributed by atoms with Crippen molar-refractivity contribution in [1.82, 2.24) is 10.6 Å². The first kappa shape index (κ1) is 14.6. The van der Waals surface area contributed by atoms with Crippen LogP contribution in [0.5, 0.6) is 0 Å². The predicted octanol–water partition coefficient (Wildman–Crippen LogP) is 1.83. The lowest BCUT2D eigenvalue weighted by Gasteiger charge is -2.14. The van der Waals surface area contributed by atoms with Gasteiger partial charge in [-0.1, -0.05) is 13.0 Å². The molecule has 1 amide bonds. The first-order valence-electron chi connectivity index (χ1n) is 5.94. The van der Waals surface area contributed by atoms with Gasteiger partial charge in [0.25, 0.3) is 0 Å². The number of nitrogens with one attached hydrogen (secondary N) is 2. The fourth-order valence-corrected chi connectivity index (χ4v) is 1.66. The molecular weight excluding hydrogens is 238 g/mol. The highest BCUT2D eigenvalue weighted by Crippen LogP contribution is 2.09. The average Bonchev–Trinajstić information content (AvgIpc) is 2.34. The van der Waals surface area contributed by atoms with Crippen molar-refractivity contribution in [3.8, 4) is 0 Å². The van der Waals surface area contributed by atoms with E-state index in [9.17, 15) is 13.6 Å². The van der Waals surface area contributed by atoms with Gasteiger partial charge in [-0.3, -0.25) is 4.79 Å². The van der Waals surface area contributed by atoms with Crippen molar-refractivity contribution in [3.05, 3.63) is 35.4 Å². The van der Waals surface area contributed by atoms with E-state index in [-0.39, 0.29) is 23.9 Å². The number of benzene rings is 1. The second-order valence-electron chi connectivity index (χ2n) is 4.12. The molecule has 1 aromatic carbocycles. The van der Waals surface area contributed by atoms with Crippen LogP contribution in [0.3, 0.4) is 0 Å². The van der Waals surface area contributed by atoms with Crippen LogP contribution < -0.4 is 10.6 Å². The molecular formula is C13H18F2N2O. The minimum atomic E-state index is -0.642. The summed E-state index contributed by atoms with van der Waals surface area (Å²) in [5, 5.41) is 5.59. The lowest BCUT2D eigenvalue weighted by Crippen LogP contribution is -2.35. The summed E-state index contributed by atoms with van der Waals surface area (Å²) < 4.78 is 26.0. The number of carbonyl (C=O) groups excluding carboxylic acids is 1. The van der Waals surface area contributed by atoms with Crippen molar-refractivity contribution in [1.29, 1.82) is 0 Å². The molecule has 18 heavy (non-hydrogen) atoms. The van der Waals surface area contributed by atoms with Gasteiger partial charge in [-0.2, -0.15) is 0 Å². The van der Waals surface area contributed by atoms with Crippen LogP contribution in [0.1, 0.15) is 18.9 Å². The molecule has 3 nitrogen and oxygen atoms in total. The van der Waals surface area contributed by atoms with Crippen LogP contribution >= 0.6 is 0 Å². The second kappa shape index (κ2) is 7.06. The molecule has 1 atom stereocenters. The van der Waals surface area contributed by atoms with Gasteiger partial charge in [-0.15, -0.1) is 0 Å². The lowest BCUT2D eigenvalue weighted by atomic mass is 10.1. The fourth-order valence-electron chi connectivity index (χ4n) is 1.66. The Kier molecular flexibility index (Phi) is 5.71. The van der Waals surface area contributed by atoms with Gasteiger partial charge in [0.2, 0.25) is 5.91 Å². The summed E-state index contributed by atoms with van der Waals surface area (Å²) in [5.41, 5.74) is 0.282. The molecule has 0 bridgehead atoms. The molecule has 0 spiro atoms. The molecule has 1 unspecified atom stereocenters. The normalized spacial score (nSPS) is 12.2. The van der Waals surface area contributed by atoms with Crippen molar-refractivity contribution in [2.45, 2.75) is 19.9 Å². The SMILES string of the molecule is CCC(CNC)C(=O)NCc1ccc(F)cc1F. The highest BCUT2D eigenvalue weighted by Gasteiger charge is 2.15. The summed E-state index contributed by atoms with van der Waals surface area (Å²) in [4.78, 5) is 11.8. The fraction of sp³-hybridized carbons (Fsp3) is 0.462. The van der Waals surface area contributed by atoms with Crippen LogP contribution in [0, 0.1) is 17.6 Å². The van der Waals surface area contributed by atoms with Gasteiger partial charge in [0.05, 0.1) is 5.92 Å². The first-order valence-corrected chi connectivity index (χ1v) is 5.94. The Balaban J connectivity index is 2.56. The third-order valence-corrected chi connectivity index (χ3v) is 2.78. The number of hydrogen-bond donors (Lipinski definition) is 2. The van der Waals surface area contributed by atoms with Gasteiger partial charge in [-0.05, 0) is 19.5 Å². The van der Waals surface area contributed by atoms with Crippen LogP contribution in [0.15, 0.2) is 18.2 Å². The van der Waals surface area contributed by atoms with E-state index >= 15 is 0 Å². The summed E-state index contributed by atoms with van der Waals surface area (Å²) in [6.07, 6.45) is 0.707. The molecule has 1 aromatic rings. The van der Waals surface area contributed by atoms with E-state index in [1.807, 2.05) is 6.92 Å². The zero-order valence-electron chi connectivity index (χ0n) is 10.6. The molecule has 0 fully saturated rings. The number of rotatable bonds is 6. The minimum absolute atomic E-state index is 0.0746. The Morgan fingerprint density at radius 1 is 1.39 bits per heavy atom. The molecule has 0 aliphatic rings. The maximum absolute atomic E-state index is 13.3. The largest absolute Gasteiger partial charge is 0.352 e. The zero-order valence-corrected chi connectivity index (χ0v) is 10.6. The predicted molar refractivity (Wildman–Crippen MR) is 65.9 cm³/mol. The quantitative estimate of drug-likeness (QED) is 0.815. The molecule has 0 aliphatic heterocycles. The molecule has 0 radical (unpaired) electrons. The van der Waals surface area contributed by atoms with Crippen molar-refractivity contribution >= 4 is 5.91 Å². The standard InChI is InChI=1S/C13H18F2N2O/c1-3-9(7-16-2)13(18)17-8-10-4-5-11(14)6-12(10)15/h4-6,9,16H,3,7-8H2,1-2H3,(H,17,18). The Morgan fingerprint density at radius 3 is 2.67 bits per heavy atom. The Labute approximate surface area is 106 Å². The van der Waals surface area contributed by atoms with Crippen LogP contribution in [0.2, 0.25) is 0 Å². The van der Waals surface area contributed by atoms with Gasteiger partial charge in [0, 0.05) is 24.7 Å². The highest BCUT2D eigenvalue weighted by molar-refractivity contribution is 5.78. The minimum Gasteiger partial charge on any atom is -0.352 e. The van der Waals surface area contributed by atoms with Gasteiger partial charge in [-0.25, -0.2) is 8.78 Å². The van der Waals surface area contributed by atoms with Crippen LogP contribution in [-0.2, 0) is 11.3 Å². The smallest absolute Gasteiger partial charge is 0.224 e. The Hall–Kier alpha value is -1.49. The lowest BCUT2D eigenvalue weighted by molar-refractivity contribution is -0.125. The Bertz CT molecular complexity index is 410. The van der Waals surface area contributed by atoms with E-state index in [2.05, 4.69) is 10.6 Å². The molecule has 0 saturated carbocycles. The molecule has 100 valence electrons. The van der Waals surface area contributed by atoms with Crippen molar-refractivity contribution in [2.24, 2.45) is 5.92 Å². The molecule has 1 rings (SSSR count). The number of halogens is 2. The Morgan fingerprint density at radius 2 is 2.11 bits per heavy atom. The van der Waals surface area contributed by atoms with Crippen molar-refractivity contribution < 1.29 is 13.6 Å². The second-order valence-corrected chi connectivity index (χ2v) is 4.12. The topological polar surface area (TPSA) is 41.1 Å². The van der Waals surface area contributed by atoms with Gasteiger partial charge >= 0.3 is 0 Å². The van der Waals surface area contributed by atoms with Crippen molar-refractivity contribution in [3.63, 3.8) is 0 Å². The van der Waals surface area contributed by atoms with E-state index in [0.717, 1.165) is 6.07 Å². The first-order chi connectivity index (χ1) is 8.58. The van der Waals surface area contributed by atoms with E-state index in [0.29, 0.717) is 13.0 Å². The summed E-state index contributed by atoms with van der Waals surface area (Å²) in [6.45, 7) is 2.57. The molecule has 0 saturated heterocycles. The monoisotopic (exact) mass is 256 g/mol. The van der Waals surface area contributed by atoms with E-state index in [1.54, 1.807) is 7.05 Å². The van der Waals surface area contributed by atoms with Crippen molar-refractivity contribution in [2.75, 3.05) is 13.6 Å². The summed E-state index contributed by atoms with van der Waals surface area (Å²) >= 11 is 0. The third-order valence-electron chi connectivity index (χ3n) is 2.78. The van der Waals surface area contributed by atoms with E-state index < -0.39 is 11.6 Å². The number of hydrogen-bond acceptors (Lipinski definition) is 2. The highest BCUT2D eigenvalue weighted by atomic mass is 19.1. The summed E-state index contributed by atoms with van der Waals surface area (Å²) in [5.74, 6) is -1.53. The maximum Gasteiger partial charge on any atom is 0.224 e. The third kappa shape index (κ3) is 4.07. The molecule has 2 N–H and O–H groups in total. The summed E-state index contributed by atoms with van der Waals surface area (Å²) in [7, 11) is 1.77. The van der Waals surface area contributed by atoms with Crippen LogP contribution in [0.4, 0.5) is 8.78 Å². The number of carbonyl (C=O) groups is 1.